The Morgan fingerprint density at radius 2 is 1.04 bits per heavy atom. The topological polar surface area (TPSA) is 17.1 Å². The fourth-order valence-electron chi connectivity index (χ4n) is 2.15. The second-order valence-electron chi connectivity index (χ2n) is 5.23. The number of alkyl halides is 9. The molecular weight excluding hydrogens is 410 g/mol. The van der Waals surface area contributed by atoms with E-state index < -0.39 is 53.7 Å². The molecule has 0 saturated carbocycles. The maximum absolute atomic E-state index is 13.0. The van der Waals surface area contributed by atoms with Crippen LogP contribution < -0.4 is 10.6 Å². The Balaban J connectivity index is 2.66. The zero-order chi connectivity index (χ0) is 20.6. The van der Waals surface area contributed by atoms with Crippen molar-refractivity contribution >= 4 is 24.1 Å². The van der Waals surface area contributed by atoms with Gasteiger partial charge in [0.05, 0.1) is 11.1 Å². The van der Waals surface area contributed by atoms with Gasteiger partial charge in [0.1, 0.15) is 0 Å². The first-order valence-corrected chi connectivity index (χ1v) is 8.31. The Labute approximate surface area is 147 Å². The number of carbonyl (C=O) groups excluding carboxylic acids is 1. The highest BCUT2D eigenvalue weighted by Crippen LogP contribution is 2.43. The molecule has 0 aromatic heterocycles. The van der Waals surface area contributed by atoms with Gasteiger partial charge in [-0.15, -0.1) is 0 Å². The van der Waals surface area contributed by atoms with Gasteiger partial charge in [-0.3, -0.25) is 4.79 Å². The van der Waals surface area contributed by atoms with Crippen molar-refractivity contribution in [1.82, 2.24) is 0 Å². The number of halogens is 9. The van der Waals surface area contributed by atoms with E-state index in [1.807, 2.05) is 0 Å². The van der Waals surface area contributed by atoms with Gasteiger partial charge in [0.2, 0.25) is 0 Å². The lowest BCUT2D eigenvalue weighted by atomic mass is 10.2. The van der Waals surface area contributed by atoms with Gasteiger partial charge in [0.25, 0.3) is 5.52 Å². The van der Waals surface area contributed by atoms with Gasteiger partial charge in [-0.25, -0.2) is 0 Å². The summed E-state index contributed by atoms with van der Waals surface area (Å²) in [7, 11) is -3.19. The van der Waals surface area contributed by atoms with E-state index >= 15 is 0 Å². The van der Waals surface area contributed by atoms with E-state index in [0.29, 0.717) is 24.3 Å². The van der Waals surface area contributed by atoms with Crippen molar-refractivity contribution in [2.45, 2.75) is 18.5 Å². The lowest BCUT2D eigenvalue weighted by Gasteiger charge is -2.20. The van der Waals surface area contributed by atoms with Crippen LogP contribution >= 0.6 is 7.92 Å². The minimum atomic E-state index is -5.44. The maximum Gasteiger partial charge on any atom is 0.455 e. The largest absolute Gasteiger partial charge is 0.455 e. The molecule has 0 atom stereocenters. The highest BCUT2D eigenvalue weighted by Gasteiger charge is 2.45. The van der Waals surface area contributed by atoms with Crippen molar-refractivity contribution in [3.8, 4) is 0 Å². The normalized spacial score (nSPS) is 13.1. The Kier molecular flexibility index (Phi) is 5.61. The van der Waals surface area contributed by atoms with Crippen molar-refractivity contribution in [3.63, 3.8) is 0 Å². The SMILES string of the molecule is O=C(P(c1cccc(C(F)(F)F)c1)c1cccc(C(F)(F)F)c1)C(F)(F)F. The number of hydrogen-bond acceptors (Lipinski definition) is 1. The van der Waals surface area contributed by atoms with Crippen molar-refractivity contribution < 1.29 is 44.3 Å². The standard InChI is InChI=1S/C16H8F9OP/c17-14(18,19)9-3-1-5-11(7-9)27(13(26)16(23,24)25)12-6-2-4-10(8-12)15(20,21)22/h1-8H. The third-order valence-electron chi connectivity index (χ3n) is 3.31. The zero-order valence-electron chi connectivity index (χ0n) is 12.9. The lowest BCUT2D eigenvalue weighted by Crippen LogP contribution is -2.30. The van der Waals surface area contributed by atoms with Crippen molar-refractivity contribution in [3.05, 3.63) is 59.7 Å². The molecule has 0 aliphatic carbocycles. The minimum Gasteiger partial charge on any atom is -0.284 e. The van der Waals surface area contributed by atoms with E-state index in [1.165, 1.54) is 0 Å². The molecule has 0 fully saturated rings. The first kappa shape index (κ1) is 21.2. The molecule has 27 heavy (non-hydrogen) atoms. The monoisotopic (exact) mass is 418 g/mol. The summed E-state index contributed by atoms with van der Waals surface area (Å²) in [6, 6.07) is 5.15. The average Bonchev–Trinajstić information content (AvgIpc) is 2.53. The summed E-state index contributed by atoms with van der Waals surface area (Å²) >= 11 is 0. The molecule has 0 bridgehead atoms. The molecule has 0 radical (unpaired) electrons. The van der Waals surface area contributed by atoms with Crippen LogP contribution in [0.3, 0.4) is 0 Å². The van der Waals surface area contributed by atoms with E-state index in [4.69, 9.17) is 0 Å². The van der Waals surface area contributed by atoms with Gasteiger partial charge in [-0.2, -0.15) is 39.5 Å². The third kappa shape index (κ3) is 5.00. The molecule has 0 spiro atoms. The highest BCUT2D eigenvalue weighted by atomic mass is 31.1. The Morgan fingerprint density at radius 3 is 1.33 bits per heavy atom. The van der Waals surface area contributed by atoms with Crippen molar-refractivity contribution in [2.75, 3.05) is 0 Å². The second kappa shape index (κ2) is 7.14. The third-order valence-corrected chi connectivity index (χ3v) is 5.56. The molecule has 0 amide bonds. The highest BCUT2D eigenvalue weighted by molar-refractivity contribution is 7.87. The van der Waals surface area contributed by atoms with Gasteiger partial charge in [-0.05, 0) is 34.9 Å². The van der Waals surface area contributed by atoms with Gasteiger partial charge >= 0.3 is 18.5 Å². The van der Waals surface area contributed by atoms with Gasteiger partial charge in [0.15, 0.2) is 0 Å². The van der Waals surface area contributed by atoms with Gasteiger partial charge < -0.3 is 0 Å². The van der Waals surface area contributed by atoms with Gasteiger partial charge in [0, 0.05) is 7.92 Å². The molecule has 2 rings (SSSR count). The van der Waals surface area contributed by atoms with Crippen LogP contribution in [0, 0.1) is 0 Å². The number of hydrogen-bond donors (Lipinski definition) is 0. The molecule has 0 saturated heterocycles. The summed E-state index contributed by atoms with van der Waals surface area (Å²) in [5.74, 6) is 0. The molecule has 0 N–H and O–H groups in total. The molecule has 2 aromatic rings. The van der Waals surface area contributed by atoms with Crippen molar-refractivity contribution in [2.24, 2.45) is 0 Å². The van der Waals surface area contributed by atoms with E-state index in [-0.39, 0.29) is 0 Å². The number of rotatable bonds is 3. The second-order valence-corrected chi connectivity index (χ2v) is 7.34. The smallest absolute Gasteiger partial charge is 0.284 e. The van der Waals surface area contributed by atoms with Crippen LogP contribution in [-0.4, -0.2) is 11.7 Å². The molecule has 0 heterocycles. The molecule has 0 unspecified atom stereocenters. The van der Waals surface area contributed by atoms with Crippen LogP contribution in [0.2, 0.25) is 0 Å². The predicted molar refractivity (Wildman–Crippen MR) is 80.1 cm³/mol. The Hall–Kier alpha value is -2.09. The Bertz CT molecular complexity index is 779. The summed E-state index contributed by atoms with van der Waals surface area (Å²) in [6.07, 6.45) is -15.2. The molecule has 0 aliphatic rings. The summed E-state index contributed by atoms with van der Waals surface area (Å²) in [4.78, 5) is 11.8. The molecular formula is C16H8F9OP. The van der Waals surface area contributed by atoms with Crippen molar-refractivity contribution in [1.29, 1.82) is 0 Å². The van der Waals surface area contributed by atoms with Crippen LogP contribution in [-0.2, 0) is 17.1 Å². The van der Waals surface area contributed by atoms with Crippen LogP contribution in [0.4, 0.5) is 39.5 Å². The fraction of sp³-hybridized carbons (Fsp3) is 0.188. The first-order valence-electron chi connectivity index (χ1n) is 6.97. The van der Waals surface area contributed by atoms with E-state index in [9.17, 15) is 44.3 Å². The lowest BCUT2D eigenvalue weighted by molar-refractivity contribution is -0.161. The summed E-state index contributed by atoms with van der Waals surface area (Å²) in [5, 5.41) is -1.30. The number of carbonyl (C=O) groups is 1. The average molecular weight is 418 g/mol. The van der Waals surface area contributed by atoms with E-state index in [2.05, 4.69) is 0 Å². The minimum absolute atomic E-state index is 0.343. The molecule has 0 aliphatic heterocycles. The van der Waals surface area contributed by atoms with E-state index in [0.717, 1.165) is 24.3 Å². The first-order chi connectivity index (χ1) is 12.2. The summed E-state index contributed by atoms with van der Waals surface area (Å²) in [6.45, 7) is 0. The summed E-state index contributed by atoms with van der Waals surface area (Å²) < 4.78 is 116. The molecule has 2 aromatic carbocycles. The van der Waals surface area contributed by atoms with Gasteiger partial charge in [-0.1, -0.05) is 24.3 Å². The molecule has 11 heteroatoms. The number of benzene rings is 2. The van der Waals surface area contributed by atoms with E-state index in [1.54, 1.807) is 0 Å². The molecule has 1 nitrogen and oxygen atoms in total. The van der Waals surface area contributed by atoms with Crippen LogP contribution in [0.15, 0.2) is 48.5 Å². The molecule has 146 valence electrons. The quantitative estimate of drug-likeness (QED) is 0.492. The fourth-order valence-corrected chi connectivity index (χ4v) is 4.18. The van der Waals surface area contributed by atoms with Crippen LogP contribution in [0.1, 0.15) is 11.1 Å². The zero-order valence-corrected chi connectivity index (χ0v) is 13.8. The summed E-state index contributed by atoms with van der Waals surface area (Å²) in [5.41, 5.74) is -5.03. The Morgan fingerprint density at radius 1 is 0.667 bits per heavy atom. The van der Waals surface area contributed by atoms with Crippen LogP contribution in [0.5, 0.6) is 0 Å². The predicted octanol–water partition coefficient (Wildman–Crippen LogP) is 5.25. The van der Waals surface area contributed by atoms with Crippen LogP contribution in [0.25, 0.3) is 0 Å². The maximum atomic E-state index is 13.0.